The molecule has 0 saturated carbocycles. The summed E-state index contributed by atoms with van der Waals surface area (Å²) in [7, 11) is 0. The van der Waals surface area contributed by atoms with Crippen LogP contribution in [0.4, 0.5) is 8.78 Å². The van der Waals surface area contributed by atoms with Crippen LogP contribution < -0.4 is 5.32 Å². The largest absolute Gasteiger partial charge is 0.481 e. The number of aliphatic carboxylic acids is 1. The maximum absolute atomic E-state index is 14.2. The van der Waals surface area contributed by atoms with Gasteiger partial charge in [0.2, 0.25) is 0 Å². The second-order valence-electron chi connectivity index (χ2n) is 10.0. The first-order valence-corrected chi connectivity index (χ1v) is 13.7. The Morgan fingerprint density at radius 2 is 1.55 bits per heavy atom. The summed E-state index contributed by atoms with van der Waals surface area (Å²) in [5.41, 5.74) is 5.32. The fourth-order valence-electron chi connectivity index (χ4n) is 4.76. The van der Waals surface area contributed by atoms with Gasteiger partial charge in [-0.15, -0.1) is 0 Å². The fourth-order valence-corrected chi connectivity index (χ4v) is 4.89. The molecule has 1 heterocycles. The minimum absolute atomic E-state index is 0.277. The zero-order valence-corrected chi connectivity index (χ0v) is 23.3. The molecular formula is C33H26ClF2N3O3. The first-order valence-electron chi connectivity index (χ1n) is 13.3. The quantitative estimate of drug-likeness (QED) is 0.192. The molecule has 1 amide bonds. The Kier molecular flexibility index (Phi) is 8.54. The third kappa shape index (κ3) is 6.95. The van der Waals surface area contributed by atoms with Gasteiger partial charge in [-0.2, -0.15) is 0 Å². The molecule has 0 aliphatic rings. The molecule has 0 spiro atoms. The molecule has 5 rings (SSSR count). The van der Waals surface area contributed by atoms with Gasteiger partial charge >= 0.3 is 5.97 Å². The number of aromatic nitrogens is 2. The highest BCUT2D eigenvalue weighted by Gasteiger charge is 2.16. The molecule has 6 nitrogen and oxygen atoms in total. The first kappa shape index (κ1) is 28.8. The third-order valence-electron chi connectivity index (χ3n) is 6.86. The van der Waals surface area contributed by atoms with Gasteiger partial charge in [0.1, 0.15) is 11.6 Å². The Hall–Kier alpha value is -4.69. The van der Waals surface area contributed by atoms with E-state index in [0.29, 0.717) is 57.0 Å². The number of hydrogen-bond acceptors (Lipinski definition) is 4. The van der Waals surface area contributed by atoms with Crippen molar-refractivity contribution >= 4 is 34.5 Å². The van der Waals surface area contributed by atoms with Crippen LogP contribution in [0.5, 0.6) is 0 Å². The number of aryl methyl sites for hydroxylation is 2. The molecule has 0 aliphatic heterocycles. The SMILES string of the molecule is C[C@H](NC(=O)c1ccc2nc(-c3ccc(Cl)cc3)c(CCc3cc(F)cc(CC(=O)O)c3)nc2c1)c1ccc(F)cc1. The number of carbonyl (C=O) groups is 2. The van der Waals surface area contributed by atoms with Gasteiger partial charge in [0.25, 0.3) is 5.91 Å². The van der Waals surface area contributed by atoms with Crippen molar-refractivity contribution in [2.45, 2.75) is 32.2 Å². The van der Waals surface area contributed by atoms with Crippen LogP contribution >= 0.6 is 11.6 Å². The van der Waals surface area contributed by atoms with Crippen LogP contribution in [0.15, 0.2) is 84.9 Å². The molecule has 0 aliphatic carbocycles. The maximum atomic E-state index is 14.2. The van der Waals surface area contributed by atoms with E-state index in [1.165, 1.54) is 24.3 Å². The van der Waals surface area contributed by atoms with Crippen molar-refractivity contribution in [1.29, 1.82) is 0 Å². The lowest BCUT2D eigenvalue weighted by Gasteiger charge is -2.15. The summed E-state index contributed by atoms with van der Waals surface area (Å²) in [6, 6.07) is 22.1. The zero-order valence-electron chi connectivity index (χ0n) is 22.6. The van der Waals surface area contributed by atoms with E-state index in [1.54, 1.807) is 48.5 Å². The summed E-state index contributed by atoms with van der Waals surface area (Å²) in [6.45, 7) is 1.82. The number of carbonyl (C=O) groups excluding carboxylic acids is 1. The van der Waals surface area contributed by atoms with Crippen LogP contribution in [0.3, 0.4) is 0 Å². The normalized spacial score (nSPS) is 11.8. The average Bonchev–Trinajstić information content (AvgIpc) is 2.95. The van der Waals surface area contributed by atoms with Crippen molar-refractivity contribution in [2.75, 3.05) is 0 Å². The van der Waals surface area contributed by atoms with Crippen LogP contribution in [0, 0.1) is 11.6 Å². The molecular weight excluding hydrogens is 560 g/mol. The topological polar surface area (TPSA) is 92.2 Å². The number of benzene rings is 4. The van der Waals surface area contributed by atoms with E-state index in [0.717, 1.165) is 11.1 Å². The smallest absolute Gasteiger partial charge is 0.307 e. The Labute approximate surface area is 246 Å². The minimum Gasteiger partial charge on any atom is -0.481 e. The Bertz CT molecular complexity index is 1780. The number of carboxylic acid groups (broad SMARTS) is 1. The van der Waals surface area contributed by atoms with Gasteiger partial charge in [-0.05, 0) is 91.1 Å². The number of amides is 1. The van der Waals surface area contributed by atoms with E-state index in [9.17, 15) is 18.4 Å². The van der Waals surface area contributed by atoms with E-state index in [4.69, 9.17) is 26.7 Å². The number of nitrogens with zero attached hydrogens (tertiary/aromatic N) is 2. The molecule has 4 aromatic carbocycles. The van der Waals surface area contributed by atoms with E-state index >= 15 is 0 Å². The summed E-state index contributed by atoms with van der Waals surface area (Å²) in [4.78, 5) is 33.9. The number of nitrogens with one attached hydrogen (secondary N) is 1. The highest BCUT2D eigenvalue weighted by atomic mass is 35.5. The van der Waals surface area contributed by atoms with Crippen LogP contribution in [0.25, 0.3) is 22.3 Å². The van der Waals surface area contributed by atoms with Gasteiger partial charge in [0.05, 0.1) is 34.9 Å². The molecule has 0 radical (unpaired) electrons. The lowest BCUT2D eigenvalue weighted by atomic mass is 10.0. The second-order valence-corrected chi connectivity index (χ2v) is 10.5. The average molecular weight is 586 g/mol. The molecule has 1 aromatic heterocycles. The highest BCUT2D eigenvalue weighted by molar-refractivity contribution is 6.30. The van der Waals surface area contributed by atoms with Crippen LogP contribution in [0.2, 0.25) is 5.02 Å². The van der Waals surface area contributed by atoms with Crippen molar-refractivity contribution in [3.8, 4) is 11.3 Å². The van der Waals surface area contributed by atoms with E-state index < -0.39 is 11.8 Å². The molecule has 0 saturated heterocycles. The van der Waals surface area contributed by atoms with Crippen LogP contribution in [-0.2, 0) is 24.1 Å². The van der Waals surface area contributed by atoms with Crippen molar-refractivity contribution in [3.05, 3.63) is 130 Å². The van der Waals surface area contributed by atoms with Crippen LogP contribution in [-0.4, -0.2) is 27.0 Å². The van der Waals surface area contributed by atoms with Gasteiger partial charge < -0.3 is 10.4 Å². The van der Waals surface area contributed by atoms with E-state index in [2.05, 4.69) is 5.32 Å². The summed E-state index contributed by atoms with van der Waals surface area (Å²) >= 11 is 6.10. The highest BCUT2D eigenvalue weighted by Crippen LogP contribution is 2.27. The molecule has 5 aromatic rings. The Balaban J connectivity index is 1.46. The van der Waals surface area contributed by atoms with Crippen molar-refractivity contribution in [1.82, 2.24) is 15.3 Å². The number of hydrogen-bond donors (Lipinski definition) is 2. The third-order valence-corrected chi connectivity index (χ3v) is 7.11. The van der Waals surface area contributed by atoms with Gasteiger partial charge in [-0.1, -0.05) is 41.9 Å². The minimum atomic E-state index is -1.04. The van der Waals surface area contributed by atoms with Gasteiger partial charge in [-0.3, -0.25) is 9.59 Å². The molecule has 212 valence electrons. The van der Waals surface area contributed by atoms with Crippen molar-refractivity contribution in [3.63, 3.8) is 0 Å². The Morgan fingerprint density at radius 3 is 2.26 bits per heavy atom. The van der Waals surface area contributed by atoms with Crippen LogP contribution in [0.1, 0.15) is 45.7 Å². The first-order chi connectivity index (χ1) is 20.1. The second kappa shape index (κ2) is 12.4. The lowest BCUT2D eigenvalue weighted by Crippen LogP contribution is -2.26. The summed E-state index contributed by atoms with van der Waals surface area (Å²) in [5, 5.41) is 12.6. The summed E-state index contributed by atoms with van der Waals surface area (Å²) in [6.07, 6.45) is 0.497. The van der Waals surface area contributed by atoms with E-state index in [-0.39, 0.29) is 24.2 Å². The summed E-state index contributed by atoms with van der Waals surface area (Å²) in [5.74, 6) is -2.21. The van der Waals surface area contributed by atoms with Gasteiger partial charge in [0, 0.05) is 16.1 Å². The van der Waals surface area contributed by atoms with E-state index in [1.807, 2.05) is 19.1 Å². The van der Waals surface area contributed by atoms with Gasteiger partial charge in [0.15, 0.2) is 0 Å². The lowest BCUT2D eigenvalue weighted by molar-refractivity contribution is -0.136. The standard InChI is InChI=1S/C33H26ClF2N3O3/c1-19(22-5-10-26(35)11-6-22)37-33(42)24-7-13-28-30(18-24)38-29(32(39-28)23-3-8-25(34)9-4-23)12-2-20-14-21(17-31(40)41)16-27(36)15-20/h3-11,13-16,18-19H,2,12,17H2,1H3,(H,37,42)(H,40,41)/t19-/m0/s1. The number of carboxylic acids is 1. The number of fused-ring (bicyclic) bond motifs is 1. The molecule has 2 N–H and O–H groups in total. The predicted molar refractivity (Wildman–Crippen MR) is 157 cm³/mol. The fraction of sp³-hybridized carbons (Fsp3) is 0.152. The predicted octanol–water partition coefficient (Wildman–Crippen LogP) is 7.13. The zero-order chi connectivity index (χ0) is 29.8. The molecule has 9 heteroatoms. The summed E-state index contributed by atoms with van der Waals surface area (Å²) < 4.78 is 27.5. The molecule has 0 unspecified atom stereocenters. The number of halogens is 3. The molecule has 0 fully saturated rings. The molecule has 1 atom stereocenters. The monoisotopic (exact) mass is 585 g/mol. The molecule has 0 bridgehead atoms. The Morgan fingerprint density at radius 1 is 0.833 bits per heavy atom. The maximum Gasteiger partial charge on any atom is 0.307 e. The van der Waals surface area contributed by atoms with Crippen molar-refractivity contribution in [2.24, 2.45) is 0 Å². The molecule has 42 heavy (non-hydrogen) atoms. The van der Waals surface area contributed by atoms with Crippen molar-refractivity contribution < 1.29 is 23.5 Å². The number of rotatable bonds is 9. The van der Waals surface area contributed by atoms with Gasteiger partial charge in [-0.25, -0.2) is 18.7 Å².